The molecular formula is C20H15F4NO5. The maximum absolute atomic E-state index is 14.0. The summed E-state index contributed by atoms with van der Waals surface area (Å²) in [5, 5.41) is 19.3. The highest BCUT2D eigenvalue weighted by Crippen LogP contribution is 2.36. The molecule has 0 aliphatic heterocycles. The van der Waals surface area contributed by atoms with E-state index in [0.717, 1.165) is 41.0 Å². The number of carboxylic acid groups (broad SMARTS) is 1. The lowest BCUT2D eigenvalue weighted by molar-refractivity contribution is -0.274. The van der Waals surface area contributed by atoms with Crippen LogP contribution in [-0.2, 0) is 4.79 Å². The Morgan fingerprint density at radius 3 is 2.27 bits per heavy atom. The number of aliphatic carboxylic acids is 1. The molecule has 30 heavy (non-hydrogen) atoms. The first-order valence-electron chi connectivity index (χ1n) is 8.57. The Morgan fingerprint density at radius 1 is 1.13 bits per heavy atom. The Kier molecular flexibility index (Phi) is 5.19. The monoisotopic (exact) mass is 425 g/mol. The van der Waals surface area contributed by atoms with E-state index in [1.807, 2.05) is 0 Å². The van der Waals surface area contributed by atoms with E-state index >= 15 is 0 Å². The maximum Gasteiger partial charge on any atom is 0.573 e. The number of halogens is 4. The zero-order valence-corrected chi connectivity index (χ0v) is 15.6. The summed E-state index contributed by atoms with van der Waals surface area (Å²) < 4.78 is 55.7. The van der Waals surface area contributed by atoms with Crippen LogP contribution in [0.15, 0.2) is 36.4 Å². The van der Waals surface area contributed by atoms with Crippen molar-refractivity contribution in [2.75, 3.05) is 0 Å². The van der Waals surface area contributed by atoms with Gasteiger partial charge in [0.1, 0.15) is 5.75 Å². The molecule has 10 heteroatoms. The van der Waals surface area contributed by atoms with Crippen LogP contribution in [0.5, 0.6) is 11.5 Å². The molecule has 6 nitrogen and oxygen atoms in total. The van der Waals surface area contributed by atoms with Gasteiger partial charge in [-0.25, -0.2) is 4.39 Å². The van der Waals surface area contributed by atoms with Crippen molar-refractivity contribution in [2.24, 2.45) is 0 Å². The number of phenolic OH excluding ortho intramolecular Hbond substituents is 1. The Hall–Kier alpha value is -3.56. The number of hydrogen-bond acceptors (Lipinski definition) is 4. The second-order valence-electron chi connectivity index (χ2n) is 6.59. The number of aromatic hydroxyl groups is 1. The van der Waals surface area contributed by atoms with Crippen molar-refractivity contribution in [2.45, 2.75) is 26.1 Å². The minimum atomic E-state index is -4.89. The molecule has 0 aliphatic rings. The number of fused-ring (bicyclic) bond motifs is 1. The van der Waals surface area contributed by atoms with Gasteiger partial charge in [-0.3, -0.25) is 14.2 Å². The lowest BCUT2D eigenvalue weighted by atomic mass is 9.98. The maximum atomic E-state index is 14.0. The Morgan fingerprint density at radius 2 is 1.73 bits per heavy atom. The van der Waals surface area contributed by atoms with Gasteiger partial charge in [0.25, 0.3) is 5.91 Å². The number of carbonyl (C=O) groups excluding carboxylic acids is 1. The number of nitrogens with zero attached hydrogens (tertiary/aromatic N) is 1. The lowest BCUT2D eigenvalue weighted by Crippen LogP contribution is -2.18. The SMILES string of the molecule is Cc1c([C@@H](C)C(=O)O)c2cc(O)c(F)cc2n1C(=O)c1ccc(OC(F)(F)F)cc1. The highest BCUT2D eigenvalue weighted by Gasteiger charge is 2.31. The average Bonchev–Trinajstić information content (AvgIpc) is 2.91. The highest BCUT2D eigenvalue weighted by molar-refractivity contribution is 6.05. The molecule has 0 fully saturated rings. The van der Waals surface area contributed by atoms with Gasteiger partial charge >= 0.3 is 12.3 Å². The summed E-state index contributed by atoms with van der Waals surface area (Å²) in [5.74, 6) is -5.23. The topological polar surface area (TPSA) is 88.8 Å². The van der Waals surface area contributed by atoms with Crippen molar-refractivity contribution in [3.05, 3.63) is 59.0 Å². The third-order valence-corrected chi connectivity index (χ3v) is 4.66. The van der Waals surface area contributed by atoms with E-state index in [0.29, 0.717) is 0 Å². The summed E-state index contributed by atoms with van der Waals surface area (Å²) in [6, 6.07) is 6.05. The number of carboxylic acids is 1. The Labute approximate surface area is 166 Å². The predicted octanol–water partition coefficient (Wildman–Crippen LogP) is 4.57. The molecule has 0 aliphatic carbocycles. The normalized spacial score (nSPS) is 12.7. The molecule has 1 atom stereocenters. The number of benzene rings is 2. The van der Waals surface area contributed by atoms with Gasteiger partial charge in [0.2, 0.25) is 0 Å². The quantitative estimate of drug-likeness (QED) is 0.598. The third kappa shape index (κ3) is 3.80. The zero-order valence-electron chi connectivity index (χ0n) is 15.6. The first-order valence-corrected chi connectivity index (χ1v) is 8.57. The average molecular weight is 425 g/mol. The molecule has 1 heterocycles. The first kappa shape index (κ1) is 21.2. The van der Waals surface area contributed by atoms with Gasteiger partial charge in [-0.15, -0.1) is 13.2 Å². The first-order chi connectivity index (χ1) is 13.9. The molecule has 0 saturated carbocycles. The number of rotatable bonds is 4. The fourth-order valence-corrected chi connectivity index (χ4v) is 3.31. The van der Waals surface area contributed by atoms with Crippen LogP contribution in [0.4, 0.5) is 17.6 Å². The van der Waals surface area contributed by atoms with Crippen LogP contribution < -0.4 is 4.74 Å². The Bertz CT molecular complexity index is 1150. The molecule has 3 rings (SSSR count). The summed E-state index contributed by atoms with van der Waals surface area (Å²) in [7, 11) is 0. The molecule has 2 aromatic carbocycles. The van der Waals surface area contributed by atoms with E-state index in [2.05, 4.69) is 4.74 Å². The molecular weight excluding hydrogens is 410 g/mol. The van der Waals surface area contributed by atoms with Crippen LogP contribution in [0.3, 0.4) is 0 Å². The van der Waals surface area contributed by atoms with Gasteiger partial charge in [0, 0.05) is 22.7 Å². The molecule has 158 valence electrons. The summed E-state index contributed by atoms with van der Waals surface area (Å²) in [6.07, 6.45) is -4.89. The van der Waals surface area contributed by atoms with Gasteiger partial charge in [-0.05, 0) is 49.7 Å². The standard InChI is InChI=1S/C20H15F4NO5/c1-9(19(28)29)17-10(2)25(15-8-14(21)16(26)7-13(15)17)18(27)11-3-5-12(6-4-11)30-20(22,23)24/h3-9,26H,1-2H3,(H,28,29)/t9-/m1/s1. The summed E-state index contributed by atoms with van der Waals surface area (Å²) in [6.45, 7) is 2.84. The fraction of sp³-hybridized carbons (Fsp3) is 0.200. The molecule has 2 N–H and O–H groups in total. The second kappa shape index (κ2) is 7.36. The number of phenols is 1. The van der Waals surface area contributed by atoms with Crippen LogP contribution in [-0.4, -0.2) is 33.0 Å². The molecule has 0 spiro atoms. The molecule has 0 bridgehead atoms. The fourth-order valence-electron chi connectivity index (χ4n) is 3.31. The van der Waals surface area contributed by atoms with Crippen LogP contribution in [0.2, 0.25) is 0 Å². The molecule has 3 aromatic rings. The minimum absolute atomic E-state index is 0.0199. The second-order valence-corrected chi connectivity index (χ2v) is 6.59. The van der Waals surface area contributed by atoms with Gasteiger partial charge < -0.3 is 14.9 Å². The van der Waals surface area contributed by atoms with Crippen molar-refractivity contribution >= 4 is 22.8 Å². The predicted molar refractivity (Wildman–Crippen MR) is 97.2 cm³/mol. The van der Waals surface area contributed by atoms with Crippen LogP contribution in [0, 0.1) is 12.7 Å². The van der Waals surface area contributed by atoms with Crippen molar-refractivity contribution in [3.8, 4) is 11.5 Å². The minimum Gasteiger partial charge on any atom is -0.505 e. The highest BCUT2D eigenvalue weighted by atomic mass is 19.4. The van der Waals surface area contributed by atoms with E-state index in [1.165, 1.54) is 13.8 Å². The van der Waals surface area contributed by atoms with Crippen LogP contribution in [0.1, 0.15) is 34.5 Å². The molecule has 0 saturated heterocycles. The summed E-state index contributed by atoms with van der Waals surface area (Å²) in [5.41, 5.74) is 0.391. The number of carbonyl (C=O) groups is 2. The van der Waals surface area contributed by atoms with E-state index in [4.69, 9.17) is 0 Å². The van der Waals surface area contributed by atoms with Crippen molar-refractivity contribution in [1.29, 1.82) is 0 Å². The smallest absolute Gasteiger partial charge is 0.505 e. The zero-order chi connectivity index (χ0) is 22.4. The number of alkyl halides is 3. The van der Waals surface area contributed by atoms with Gasteiger partial charge in [0.15, 0.2) is 11.6 Å². The van der Waals surface area contributed by atoms with E-state index < -0.39 is 41.5 Å². The van der Waals surface area contributed by atoms with Crippen molar-refractivity contribution in [1.82, 2.24) is 4.57 Å². The lowest BCUT2D eigenvalue weighted by Gasteiger charge is -2.11. The van der Waals surface area contributed by atoms with Crippen molar-refractivity contribution in [3.63, 3.8) is 0 Å². The number of ether oxygens (including phenoxy) is 1. The molecule has 0 amide bonds. The van der Waals surface area contributed by atoms with Gasteiger partial charge in [-0.2, -0.15) is 0 Å². The van der Waals surface area contributed by atoms with Crippen LogP contribution >= 0.6 is 0 Å². The Balaban J connectivity index is 2.15. The summed E-state index contributed by atoms with van der Waals surface area (Å²) >= 11 is 0. The van der Waals surface area contributed by atoms with E-state index in [1.54, 1.807) is 0 Å². The number of hydrogen-bond donors (Lipinski definition) is 2. The number of aromatic nitrogens is 1. The van der Waals surface area contributed by atoms with E-state index in [-0.39, 0.29) is 27.7 Å². The van der Waals surface area contributed by atoms with Crippen LogP contribution in [0.25, 0.3) is 10.9 Å². The van der Waals surface area contributed by atoms with Crippen molar-refractivity contribution < 1.29 is 42.1 Å². The largest absolute Gasteiger partial charge is 0.573 e. The van der Waals surface area contributed by atoms with Gasteiger partial charge in [-0.1, -0.05) is 0 Å². The molecule has 0 unspecified atom stereocenters. The van der Waals surface area contributed by atoms with E-state index in [9.17, 15) is 37.4 Å². The third-order valence-electron chi connectivity index (χ3n) is 4.66. The summed E-state index contributed by atoms with van der Waals surface area (Å²) in [4.78, 5) is 24.6. The molecule has 0 radical (unpaired) electrons. The van der Waals surface area contributed by atoms with Gasteiger partial charge in [0.05, 0.1) is 11.4 Å². The molecule has 1 aromatic heterocycles.